The summed E-state index contributed by atoms with van der Waals surface area (Å²) in [6.07, 6.45) is 8.01. The summed E-state index contributed by atoms with van der Waals surface area (Å²) in [5.74, 6) is 1.55. The molecular weight excluding hydrogens is 793 g/mol. The van der Waals surface area contributed by atoms with Gasteiger partial charge in [-0.05, 0) is 130 Å². The Balaban J connectivity index is 0.794. The maximum absolute atomic E-state index is 14.3. The third-order valence-electron chi connectivity index (χ3n) is 13.2. The number of rotatable bonds is 10. The maximum atomic E-state index is 14.3. The van der Waals surface area contributed by atoms with Crippen molar-refractivity contribution in [1.82, 2.24) is 49.8 Å². The van der Waals surface area contributed by atoms with Crippen LogP contribution in [0.5, 0.6) is 0 Å². The minimum absolute atomic E-state index is 0.0117. The Bertz CT molecular complexity index is 2830. The van der Waals surface area contributed by atoms with Crippen LogP contribution in [0.3, 0.4) is 0 Å². The van der Waals surface area contributed by atoms with E-state index < -0.39 is 12.1 Å². The number of aromatic nitrogens is 6. The van der Waals surface area contributed by atoms with Crippen LogP contribution in [0, 0.1) is 0 Å². The van der Waals surface area contributed by atoms with Crippen molar-refractivity contribution in [3.05, 3.63) is 131 Å². The van der Waals surface area contributed by atoms with E-state index in [2.05, 4.69) is 56.7 Å². The topological polar surface area (TPSA) is 157 Å². The highest BCUT2D eigenvalue weighted by Crippen LogP contribution is 2.42. The summed E-state index contributed by atoms with van der Waals surface area (Å²) in [5.41, 5.74) is 11.5. The van der Waals surface area contributed by atoms with Gasteiger partial charge < -0.3 is 28.8 Å². The molecule has 4 atom stereocenters. The Morgan fingerprint density at radius 1 is 0.635 bits per heavy atom. The van der Waals surface area contributed by atoms with Crippen LogP contribution in [0.4, 0.5) is 0 Å². The molecule has 6 heterocycles. The summed E-state index contributed by atoms with van der Waals surface area (Å²) in [5, 5.41) is 10.4. The molecule has 4 aromatic carbocycles. The average molecular weight is 841 g/mol. The Morgan fingerprint density at radius 2 is 1.08 bits per heavy atom. The van der Waals surface area contributed by atoms with Crippen LogP contribution < -0.4 is 0 Å². The number of likely N-dealkylation sites (N-methyl/N-ethyl adjacent to an activating group) is 2. The lowest BCUT2D eigenvalue weighted by atomic mass is 10.0. The Labute approximate surface area is 363 Å². The number of carbonyl (C=O) groups excluding carboxylic acids is 2. The number of imidazole rings is 2. The first-order chi connectivity index (χ1) is 30.7. The SMILES string of the molecule is CN(C)C(C(=O)N1CCC[C@@H]1c1ncc(-c2ccc3c(c2)Cc2cc(-c4cnc([C@H]5CCCN5C(=O)C(c5noc6ccccc56)N(C)C)[nH]4)ccc2-3)[nH]1)c1noc2ccccc12. The van der Waals surface area contributed by atoms with Crippen molar-refractivity contribution in [2.45, 2.75) is 56.3 Å². The lowest BCUT2D eigenvalue weighted by molar-refractivity contribution is -0.138. The summed E-state index contributed by atoms with van der Waals surface area (Å²) in [7, 11) is 7.62. The summed E-state index contributed by atoms with van der Waals surface area (Å²) in [6, 6.07) is 27.1. The van der Waals surface area contributed by atoms with Gasteiger partial charge >= 0.3 is 0 Å². The zero-order chi connectivity index (χ0) is 42.9. The first-order valence-electron chi connectivity index (χ1n) is 21.7. The fraction of sp³-hybridized carbons (Fsp3) is 0.306. The Morgan fingerprint density at radius 3 is 1.52 bits per heavy atom. The van der Waals surface area contributed by atoms with Gasteiger partial charge in [0.05, 0.1) is 35.9 Å². The number of fused-ring (bicyclic) bond motifs is 5. The molecule has 0 spiro atoms. The largest absolute Gasteiger partial charge is 0.356 e. The Hall–Kier alpha value is -6.90. The van der Waals surface area contributed by atoms with Gasteiger partial charge in [-0.25, -0.2) is 9.97 Å². The molecule has 14 heteroatoms. The number of H-pyrrole nitrogens is 2. The van der Waals surface area contributed by atoms with E-state index in [0.29, 0.717) is 35.6 Å². The number of nitrogens with zero attached hydrogens (tertiary/aromatic N) is 8. The molecule has 3 aliphatic rings. The second-order valence-electron chi connectivity index (χ2n) is 17.5. The third-order valence-corrected chi connectivity index (χ3v) is 13.2. The molecule has 11 rings (SSSR count). The summed E-state index contributed by atoms with van der Waals surface area (Å²) < 4.78 is 11.2. The van der Waals surface area contributed by atoms with Crippen molar-refractivity contribution in [3.8, 4) is 33.6 Å². The van der Waals surface area contributed by atoms with Gasteiger partial charge in [0.25, 0.3) is 0 Å². The monoisotopic (exact) mass is 840 g/mol. The van der Waals surface area contributed by atoms with Gasteiger partial charge in [0.1, 0.15) is 35.1 Å². The zero-order valence-corrected chi connectivity index (χ0v) is 35.7. The summed E-state index contributed by atoms with van der Waals surface area (Å²) in [4.78, 5) is 53.2. The molecule has 1 aliphatic carbocycles. The number of benzene rings is 4. The molecule has 2 aliphatic heterocycles. The molecule has 4 aromatic heterocycles. The number of nitrogens with one attached hydrogen (secondary N) is 2. The molecule has 8 aromatic rings. The van der Waals surface area contributed by atoms with Gasteiger partial charge in [0, 0.05) is 23.9 Å². The summed E-state index contributed by atoms with van der Waals surface area (Å²) >= 11 is 0. The molecule has 0 saturated carbocycles. The van der Waals surface area contributed by atoms with E-state index in [4.69, 9.17) is 19.0 Å². The molecule has 2 N–H and O–H groups in total. The van der Waals surface area contributed by atoms with Gasteiger partial charge in [0.15, 0.2) is 11.2 Å². The van der Waals surface area contributed by atoms with Gasteiger partial charge in [-0.2, -0.15) is 0 Å². The van der Waals surface area contributed by atoms with E-state index in [0.717, 1.165) is 77.0 Å². The number of likely N-dealkylation sites (tertiary alicyclic amines) is 2. The van der Waals surface area contributed by atoms with Crippen molar-refractivity contribution in [2.24, 2.45) is 0 Å². The lowest BCUT2D eigenvalue weighted by Crippen LogP contribution is -2.40. The lowest BCUT2D eigenvalue weighted by Gasteiger charge is -2.30. The molecule has 0 bridgehead atoms. The molecule has 2 amide bonds. The number of hydrogen-bond donors (Lipinski definition) is 2. The van der Waals surface area contributed by atoms with Crippen LogP contribution in [0.1, 0.15) is 84.0 Å². The van der Waals surface area contributed by atoms with E-state index in [1.165, 1.54) is 22.3 Å². The first kappa shape index (κ1) is 39.0. The van der Waals surface area contributed by atoms with Gasteiger partial charge in [-0.1, -0.05) is 58.8 Å². The minimum Gasteiger partial charge on any atom is -0.356 e. The van der Waals surface area contributed by atoms with E-state index in [1.54, 1.807) is 0 Å². The van der Waals surface area contributed by atoms with E-state index in [9.17, 15) is 9.59 Å². The van der Waals surface area contributed by atoms with Crippen molar-refractivity contribution in [2.75, 3.05) is 41.3 Å². The van der Waals surface area contributed by atoms with Crippen LogP contribution in [-0.4, -0.2) is 103 Å². The fourth-order valence-corrected chi connectivity index (χ4v) is 10.2. The fourth-order valence-electron chi connectivity index (χ4n) is 10.2. The van der Waals surface area contributed by atoms with Crippen LogP contribution >= 0.6 is 0 Å². The number of aromatic amines is 2. The minimum atomic E-state index is -0.583. The molecule has 2 unspecified atom stereocenters. The van der Waals surface area contributed by atoms with Crippen molar-refractivity contribution in [3.63, 3.8) is 0 Å². The molecular formula is C49H48N10O4. The van der Waals surface area contributed by atoms with Crippen molar-refractivity contribution >= 4 is 33.8 Å². The second-order valence-corrected chi connectivity index (χ2v) is 17.5. The second kappa shape index (κ2) is 15.5. The Kier molecular flexibility index (Phi) is 9.57. The van der Waals surface area contributed by atoms with E-state index >= 15 is 0 Å². The number of carbonyl (C=O) groups is 2. The highest BCUT2D eigenvalue weighted by Gasteiger charge is 2.41. The number of hydrogen-bond acceptors (Lipinski definition) is 10. The highest BCUT2D eigenvalue weighted by atomic mass is 16.5. The highest BCUT2D eigenvalue weighted by molar-refractivity contribution is 5.91. The quantitative estimate of drug-likeness (QED) is 0.138. The van der Waals surface area contributed by atoms with Gasteiger partial charge in [0.2, 0.25) is 11.8 Å². The molecule has 2 saturated heterocycles. The van der Waals surface area contributed by atoms with E-state index in [1.807, 2.05) is 109 Å². The first-order valence-corrected chi connectivity index (χ1v) is 21.7. The normalized spacial score (nSPS) is 18.3. The van der Waals surface area contributed by atoms with Crippen LogP contribution in [0.15, 0.2) is 106 Å². The predicted octanol–water partition coefficient (Wildman–Crippen LogP) is 8.25. The number of para-hydroxylation sites is 2. The average Bonchev–Trinajstić information content (AvgIpc) is 4.14. The van der Waals surface area contributed by atoms with Crippen molar-refractivity contribution in [1.29, 1.82) is 0 Å². The predicted molar refractivity (Wildman–Crippen MR) is 238 cm³/mol. The third kappa shape index (κ3) is 6.63. The molecule has 0 radical (unpaired) electrons. The zero-order valence-electron chi connectivity index (χ0n) is 35.7. The van der Waals surface area contributed by atoms with Crippen molar-refractivity contribution < 1.29 is 18.6 Å². The molecule has 63 heavy (non-hydrogen) atoms. The smallest absolute Gasteiger partial charge is 0.246 e. The van der Waals surface area contributed by atoms with Crippen LogP contribution in [0.2, 0.25) is 0 Å². The standard InChI is InChI=1S/C49H48N10O4/c1-56(2)44(42-34-11-5-7-15-40(34)62-54-42)48(60)58-21-9-13-38(58)46-50-26-36(52-46)28-17-19-32-30(23-28)25-31-24-29(18-20-33(31)32)37-27-51-47(53-37)39-14-10-22-59(39)49(61)45(57(3)4)43-35-12-6-8-16-41(35)63-55-43/h5-8,11-12,15-20,23-24,26-27,38-39,44-45H,9-10,13-14,21-22,25H2,1-4H3,(H,50,52)(H,51,53)/t38-,39-,44?,45?/m1/s1. The number of amides is 2. The molecule has 2 fully saturated rings. The van der Waals surface area contributed by atoms with Gasteiger partial charge in [-0.15, -0.1) is 0 Å². The van der Waals surface area contributed by atoms with Gasteiger partial charge in [-0.3, -0.25) is 19.4 Å². The molecule has 14 nitrogen and oxygen atoms in total. The van der Waals surface area contributed by atoms with Crippen LogP contribution in [-0.2, 0) is 16.0 Å². The maximum Gasteiger partial charge on any atom is 0.246 e. The van der Waals surface area contributed by atoms with E-state index in [-0.39, 0.29) is 23.9 Å². The van der Waals surface area contributed by atoms with Crippen LogP contribution in [0.25, 0.3) is 55.6 Å². The molecule has 318 valence electrons. The summed E-state index contributed by atoms with van der Waals surface area (Å²) in [6.45, 7) is 1.30.